The minimum Gasteiger partial charge on any atom is -0.383 e. The monoisotopic (exact) mass is 246 g/mol. The van der Waals surface area contributed by atoms with E-state index in [1.165, 1.54) is 0 Å². The van der Waals surface area contributed by atoms with Gasteiger partial charge in [0.25, 0.3) is 0 Å². The summed E-state index contributed by atoms with van der Waals surface area (Å²) in [7, 11) is 5.51. The predicted molar refractivity (Wildman–Crippen MR) is 72.5 cm³/mol. The number of hydrogen-bond donors (Lipinski definition) is 1. The quantitative estimate of drug-likeness (QED) is 0.628. The molecular weight excluding hydrogens is 216 g/mol. The third-order valence-electron chi connectivity index (χ3n) is 3.14. The van der Waals surface area contributed by atoms with Gasteiger partial charge in [0.15, 0.2) is 0 Å². The Hall–Kier alpha value is -0.160. The highest BCUT2D eigenvalue weighted by Crippen LogP contribution is 2.14. The van der Waals surface area contributed by atoms with Crippen molar-refractivity contribution in [2.24, 2.45) is 5.92 Å². The summed E-state index contributed by atoms with van der Waals surface area (Å²) in [4.78, 5) is 2.48. The van der Waals surface area contributed by atoms with Crippen LogP contribution >= 0.6 is 0 Å². The maximum atomic E-state index is 5.27. The van der Waals surface area contributed by atoms with Gasteiger partial charge in [0.2, 0.25) is 0 Å². The van der Waals surface area contributed by atoms with E-state index in [0.717, 1.165) is 26.3 Å². The smallest absolute Gasteiger partial charge is 0.0615 e. The molecule has 0 saturated heterocycles. The zero-order valence-electron chi connectivity index (χ0n) is 12.3. The molecule has 0 amide bonds. The first-order valence-corrected chi connectivity index (χ1v) is 6.46. The van der Waals surface area contributed by atoms with Crippen LogP contribution in [0.2, 0.25) is 0 Å². The standard InChI is InChI=1S/C13H30N2O2/c1-11(2)13(9-14-4)15(7-8-16-5)12(3)10-17-6/h11-14H,7-10H2,1-6H3. The van der Waals surface area contributed by atoms with Gasteiger partial charge in [-0.1, -0.05) is 13.8 Å². The van der Waals surface area contributed by atoms with Crippen LogP contribution in [0.25, 0.3) is 0 Å². The Kier molecular flexibility index (Phi) is 9.74. The highest BCUT2D eigenvalue weighted by atomic mass is 16.5. The van der Waals surface area contributed by atoms with Crippen molar-refractivity contribution in [3.05, 3.63) is 0 Å². The van der Waals surface area contributed by atoms with Crippen molar-refractivity contribution in [1.82, 2.24) is 10.2 Å². The van der Waals surface area contributed by atoms with Gasteiger partial charge < -0.3 is 14.8 Å². The second kappa shape index (κ2) is 9.83. The molecule has 0 aliphatic heterocycles. The molecule has 17 heavy (non-hydrogen) atoms. The number of nitrogens with zero attached hydrogens (tertiary/aromatic N) is 1. The number of hydrogen-bond acceptors (Lipinski definition) is 4. The van der Waals surface area contributed by atoms with E-state index in [9.17, 15) is 0 Å². The largest absolute Gasteiger partial charge is 0.383 e. The zero-order chi connectivity index (χ0) is 13.3. The van der Waals surface area contributed by atoms with Gasteiger partial charge in [-0.25, -0.2) is 0 Å². The number of nitrogens with one attached hydrogen (secondary N) is 1. The minimum atomic E-state index is 0.413. The van der Waals surface area contributed by atoms with Crippen molar-refractivity contribution < 1.29 is 9.47 Å². The van der Waals surface area contributed by atoms with Gasteiger partial charge in [0.05, 0.1) is 13.2 Å². The molecule has 0 aliphatic rings. The van der Waals surface area contributed by atoms with Crippen molar-refractivity contribution >= 4 is 0 Å². The van der Waals surface area contributed by atoms with Crippen LogP contribution in [0.1, 0.15) is 20.8 Å². The molecule has 4 heteroatoms. The summed E-state index contributed by atoms with van der Waals surface area (Å²) in [6.07, 6.45) is 0. The molecule has 0 heterocycles. The molecule has 0 aromatic heterocycles. The molecular formula is C13H30N2O2. The molecule has 0 fully saturated rings. The second-order valence-electron chi connectivity index (χ2n) is 4.90. The van der Waals surface area contributed by atoms with E-state index >= 15 is 0 Å². The molecule has 0 aromatic carbocycles. The first kappa shape index (κ1) is 16.8. The van der Waals surface area contributed by atoms with Gasteiger partial charge in [0, 0.05) is 39.4 Å². The van der Waals surface area contributed by atoms with Crippen LogP contribution in [0, 0.1) is 5.92 Å². The zero-order valence-corrected chi connectivity index (χ0v) is 12.3. The summed E-state index contributed by atoms with van der Waals surface area (Å²) in [6.45, 7) is 10.2. The topological polar surface area (TPSA) is 33.7 Å². The van der Waals surface area contributed by atoms with Crippen LogP contribution < -0.4 is 5.32 Å². The van der Waals surface area contributed by atoms with Crippen LogP contribution in [-0.4, -0.2) is 64.6 Å². The lowest BCUT2D eigenvalue weighted by atomic mass is 10.0. The maximum absolute atomic E-state index is 5.27. The Bertz CT molecular complexity index is 177. The van der Waals surface area contributed by atoms with Crippen molar-refractivity contribution in [1.29, 1.82) is 0 Å². The Balaban J connectivity index is 4.58. The van der Waals surface area contributed by atoms with Gasteiger partial charge in [-0.2, -0.15) is 0 Å². The molecule has 1 N–H and O–H groups in total. The Morgan fingerprint density at radius 1 is 1.12 bits per heavy atom. The second-order valence-corrected chi connectivity index (χ2v) is 4.90. The molecule has 2 atom stereocenters. The lowest BCUT2D eigenvalue weighted by Gasteiger charge is -2.38. The minimum absolute atomic E-state index is 0.413. The van der Waals surface area contributed by atoms with Gasteiger partial charge >= 0.3 is 0 Å². The van der Waals surface area contributed by atoms with Crippen molar-refractivity contribution in [2.45, 2.75) is 32.9 Å². The van der Waals surface area contributed by atoms with E-state index in [4.69, 9.17) is 9.47 Å². The molecule has 2 unspecified atom stereocenters. The lowest BCUT2D eigenvalue weighted by molar-refractivity contribution is 0.0332. The fourth-order valence-electron chi connectivity index (χ4n) is 2.19. The van der Waals surface area contributed by atoms with Gasteiger partial charge in [-0.05, 0) is 19.9 Å². The summed E-state index contributed by atoms with van der Waals surface area (Å²) in [6, 6.07) is 0.927. The fraction of sp³-hybridized carbons (Fsp3) is 1.00. The summed E-state index contributed by atoms with van der Waals surface area (Å²) in [5, 5.41) is 3.28. The lowest BCUT2D eigenvalue weighted by Crippen LogP contribution is -2.51. The summed E-state index contributed by atoms with van der Waals surface area (Å²) < 4.78 is 10.5. The molecule has 0 aromatic rings. The summed E-state index contributed by atoms with van der Waals surface area (Å²) >= 11 is 0. The Labute approximate surface area is 107 Å². The average molecular weight is 246 g/mol. The van der Waals surface area contributed by atoms with Gasteiger partial charge in [-0.15, -0.1) is 0 Å². The van der Waals surface area contributed by atoms with Crippen LogP contribution in [0.5, 0.6) is 0 Å². The first-order valence-electron chi connectivity index (χ1n) is 6.46. The number of rotatable bonds is 10. The molecule has 104 valence electrons. The van der Waals surface area contributed by atoms with Gasteiger partial charge in [0.1, 0.15) is 0 Å². The van der Waals surface area contributed by atoms with Crippen molar-refractivity contribution in [3.63, 3.8) is 0 Å². The first-order chi connectivity index (χ1) is 8.08. The van der Waals surface area contributed by atoms with Crippen LogP contribution in [0.3, 0.4) is 0 Å². The fourth-order valence-corrected chi connectivity index (χ4v) is 2.19. The highest BCUT2D eigenvalue weighted by molar-refractivity contribution is 4.80. The van der Waals surface area contributed by atoms with E-state index in [1.807, 2.05) is 7.05 Å². The van der Waals surface area contributed by atoms with Crippen LogP contribution in [-0.2, 0) is 9.47 Å². The van der Waals surface area contributed by atoms with Crippen LogP contribution in [0.4, 0.5) is 0 Å². The molecule has 0 saturated carbocycles. The van der Waals surface area contributed by atoms with E-state index in [2.05, 4.69) is 31.0 Å². The van der Waals surface area contributed by atoms with E-state index in [0.29, 0.717) is 18.0 Å². The van der Waals surface area contributed by atoms with E-state index in [-0.39, 0.29) is 0 Å². The Morgan fingerprint density at radius 3 is 2.18 bits per heavy atom. The molecule has 0 bridgehead atoms. The number of likely N-dealkylation sites (N-methyl/N-ethyl adjacent to an activating group) is 1. The van der Waals surface area contributed by atoms with Crippen LogP contribution in [0.15, 0.2) is 0 Å². The SMILES string of the molecule is CNCC(C(C)C)N(CCOC)C(C)COC. The van der Waals surface area contributed by atoms with E-state index < -0.39 is 0 Å². The molecule has 0 spiro atoms. The Morgan fingerprint density at radius 2 is 1.76 bits per heavy atom. The molecule has 4 nitrogen and oxygen atoms in total. The molecule has 0 aliphatic carbocycles. The highest BCUT2D eigenvalue weighted by Gasteiger charge is 2.25. The molecule has 0 rings (SSSR count). The number of ether oxygens (including phenoxy) is 2. The normalized spacial score (nSPS) is 15.5. The number of methoxy groups -OCH3 is 2. The predicted octanol–water partition coefficient (Wildman–Crippen LogP) is 1.21. The third-order valence-corrected chi connectivity index (χ3v) is 3.14. The van der Waals surface area contributed by atoms with Crippen molar-refractivity contribution in [3.8, 4) is 0 Å². The third kappa shape index (κ3) is 6.36. The van der Waals surface area contributed by atoms with Crippen molar-refractivity contribution in [2.75, 3.05) is 47.6 Å². The van der Waals surface area contributed by atoms with Gasteiger partial charge in [-0.3, -0.25) is 4.90 Å². The summed E-state index contributed by atoms with van der Waals surface area (Å²) in [5.41, 5.74) is 0. The maximum Gasteiger partial charge on any atom is 0.0615 e. The average Bonchev–Trinajstić information content (AvgIpc) is 2.28. The summed E-state index contributed by atoms with van der Waals surface area (Å²) in [5.74, 6) is 0.610. The molecule has 0 radical (unpaired) electrons. The van der Waals surface area contributed by atoms with E-state index in [1.54, 1.807) is 14.2 Å².